The fourth-order valence-corrected chi connectivity index (χ4v) is 2.87. The molecule has 0 fully saturated rings. The number of carbonyl (C=O) groups excluding carboxylic acids is 2. The highest BCUT2D eigenvalue weighted by Crippen LogP contribution is 2.11. The number of hydrogen-bond acceptors (Lipinski definition) is 6. The van der Waals surface area contributed by atoms with Crippen LogP contribution in [0.25, 0.3) is 5.69 Å². The third kappa shape index (κ3) is 5.36. The Bertz CT molecular complexity index is 1120. The van der Waals surface area contributed by atoms with Crippen molar-refractivity contribution in [3.8, 4) is 11.4 Å². The summed E-state index contributed by atoms with van der Waals surface area (Å²) in [7, 11) is 1.57. The zero-order chi connectivity index (χ0) is 22.4. The van der Waals surface area contributed by atoms with Gasteiger partial charge < -0.3 is 14.8 Å². The average molecular weight is 421 g/mol. The minimum absolute atomic E-state index is 0.258. The molecule has 0 radical (unpaired) electrons. The van der Waals surface area contributed by atoms with Crippen molar-refractivity contribution >= 4 is 11.9 Å². The van der Waals surface area contributed by atoms with Crippen LogP contribution in [0, 0.1) is 6.92 Å². The van der Waals surface area contributed by atoms with E-state index in [1.54, 1.807) is 38.3 Å². The van der Waals surface area contributed by atoms with E-state index in [1.807, 2.05) is 30.3 Å². The number of carbonyl (C=O) groups is 2. The molecule has 1 amide bonds. The van der Waals surface area contributed by atoms with Crippen LogP contribution in [0.5, 0.6) is 5.75 Å². The van der Waals surface area contributed by atoms with E-state index >= 15 is 0 Å². The second-order valence-corrected chi connectivity index (χ2v) is 6.86. The number of nitrogens with zero attached hydrogens (tertiary/aromatic N) is 2. The number of benzene rings is 2. The number of aryl methyl sites for hydroxylation is 1. The van der Waals surface area contributed by atoms with Crippen molar-refractivity contribution in [1.82, 2.24) is 15.1 Å². The van der Waals surface area contributed by atoms with Crippen LogP contribution in [0.4, 0.5) is 0 Å². The molecular weight excluding hydrogens is 398 g/mol. The van der Waals surface area contributed by atoms with Crippen molar-refractivity contribution in [1.29, 1.82) is 0 Å². The molecule has 160 valence electrons. The minimum Gasteiger partial charge on any atom is -0.497 e. The highest BCUT2D eigenvalue weighted by molar-refractivity contribution is 5.90. The first-order chi connectivity index (χ1) is 14.9. The van der Waals surface area contributed by atoms with Gasteiger partial charge in [0.2, 0.25) is 11.1 Å². The maximum atomic E-state index is 12.5. The lowest BCUT2D eigenvalue weighted by Gasteiger charge is -2.14. The van der Waals surface area contributed by atoms with Gasteiger partial charge in [-0.3, -0.25) is 9.59 Å². The van der Waals surface area contributed by atoms with Crippen molar-refractivity contribution in [3.63, 3.8) is 0 Å². The monoisotopic (exact) mass is 421 g/mol. The minimum atomic E-state index is -1.10. The van der Waals surface area contributed by atoms with E-state index < -0.39 is 23.4 Å². The molecule has 0 aliphatic heterocycles. The summed E-state index contributed by atoms with van der Waals surface area (Å²) >= 11 is 0. The van der Waals surface area contributed by atoms with Crippen LogP contribution >= 0.6 is 0 Å². The maximum absolute atomic E-state index is 12.5. The Labute approximate surface area is 179 Å². The van der Waals surface area contributed by atoms with Gasteiger partial charge in [-0.1, -0.05) is 30.3 Å². The van der Waals surface area contributed by atoms with Crippen LogP contribution in [0.1, 0.15) is 28.7 Å². The predicted molar refractivity (Wildman–Crippen MR) is 114 cm³/mol. The van der Waals surface area contributed by atoms with Gasteiger partial charge in [0.15, 0.2) is 6.10 Å². The molecule has 31 heavy (non-hydrogen) atoms. The number of amides is 1. The Morgan fingerprint density at radius 3 is 2.42 bits per heavy atom. The number of esters is 1. The summed E-state index contributed by atoms with van der Waals surface area (Å²) < 4.78 is 11.8. The van der Waals surface area contributed by atoms with Crippen LogP contribution < -0.4 is 15.5 Å². The van der Waals surface area contributed by atoms with Gasteiger partial charge in [-0.05, 0) is 43.7 Å². The van der Waals surface area contributed by atoms with Gasteiger partial charge in [-0.2, -0.15) is 5.10 Å². The van der Waals surface area contributed by atoms with Crippen LogP contribution in [0.15, 0.2) is 65.5 Å². The number of para-hydroxylation sites is 1. The van der Waals surface area contributed by atoms with E-state index in [2.05, 4.69) is 10.4 Å². The van der Waals surface area contributed by atoms with E-state index in [1.165, 1.54) is 17.7 Å². The summed E-state index contributed by atoms with van der Waals surface area (Å²) in [5, 5.41) is 6.84. The first-order valence-corrected chi connectivity index (χ1v) is 9.67. The fraction of sp³-hybridized carbons (Fsp3) is 0.217. The van der Waals surface area contributed by atoms with Crippen molar-refractivity contribution in [2.24, 2.45) is 0 Å². The van der Waals surface area contributed by atoms with Gasteiger partial charge in [0.1, 0.15) is 5.75 Å². The zero-order valence-electron chi connectivity index (χ0n) is 17.5. The Morgan fingerprint density at radius 2 is 1.77 bits per heavy atom. The fourth-order valence-electron chi connectivity index (χ4n) is 2.87. The van der Waals surface area contributed by atoms with Crippen LogP contribution in [-0.2, 0) is 16.1 Å². The lowest BCUT2D eigenvalue weighted by Crippen LogP contribution is -2.36. The van der Waals surface area contributed by atoms with E-state index in [-0.39, 0.29) is 12.2 Å². The number of nitrogens with one attached hydrogen (secondary N) is 1. The van der Waals surface area contributed by atoms with Gasteiger partial charge in [-0.25, -0.2) is 9.48 Å². The third-order valence-electron chi connectivity index (χ3n) is 4.58. The largest absolute Gasteiger partial charge is 0.497 e. The molecule has 0 saturated heterocycles. The van der Waals surface area contributed by atoms with Crippen molar-refractivity contribution in [2.45, 2.75) is 26.5 Å². The number of ether oxygens (including phenoxy) is 2. The molecule has 0 spiro atoms. The van der Waals surface area contributed by atoms with Crippen molar-refractivity contribution in [2.75, 3.05) is 7.11 Å². The molecule has 3 aromatic rings. The molecule has 0 aliphatic rings. The summed E-state index contributed by atoms with van der Waals surface area (Å²) in [5.74, 6) is -0.731. The molecule has 1 heterocycles. The molecular formula is C23H23N3O5. The average Bonchev–Trinajstić information content (AvgIpc) is 2.78. The van der Waals surface area contributed by atoms with E-state index in [9.17, 15) is 14.4 Å². The second kappa shape index (κ2) is 9.71. The van der Waals surface area contributed by atoms with Crippen molar-refractivity contribution in [3.05, 3.63) is 87.8 Å². The summed E-state index contributed by atoms with van der Waals surface area (Å²) in [4.78, 5) is 37.1. The molecule has 1 atom stereocenters. The van der Waals surface area contributed by atoms with E-state index in [0.717, 1.165) is 5.56 Å². The lowest BCUT2D eigenvalue weighted by atomic mass is 10.2. The molecule has 0 bridgehead atoms. The molecule has 0 saturated carbocycles. The molecule has 1 N–H and O–H groups in total. The molecule has 0 aliphatic carbocycles. The summed E-state index contributed by atoms with van der Waals surface area (Å²) in [6, 6.07) is 17.6. The molecule has 1 aromatic heterocycles. The number of aromatic nitrogens is 2. The quantitative estimate of drug-likeness (QED) is 0.588. The number of rotatable bonds is 7. The van der Waals surface area contributed by atoms with Gasteiger partial charge >= 0.3 is 5.97 Å². The zero-order valence-corrected chi connectivity index (χ0v) is 17.5. The second-order valence-electron chi connectivity index (χ2n) is 6.86. The van der Waals surface area contributed by atoms with Crippen LogP contribution in [0.2, 0.25) is 0 Å². The summed E-state index contributed by atoms with van der Waals surface area (Å²) in [6.45, 7) is 3.41. The molecule has 1 unspecified atom stereocenters. The molecule has 2 aromatic carbocycles. The Hall–Kier alpha value is -3.94. The smallest absolute Gasteiger partial charge is 0.363 e. The highest BCUT2D eigenvalue weighted by atomic mass is 16.5. The lowest BCUT2D eigenvalue weighted by molar-refractivity contribution is -0.129. The number of methoxy groups -OCH3 is 1. The predicted octanol–water partition coefficient (Wildman–Crippen LogP) is 2.41. The van der Waals surface area contributed by atoms with Gasteiger partial charge in [0.05, 0.1) is 12.8 Å². The van der Waals surface area contributed by atoms with Gasteiger partial charge in [0.25, 0.3) is 5.91 Å². The molecule has 3 rings (SSSR count). The van der Waals surface area contributed by atoms with Gasteiger partial charge in [0, 0.05) is 18.3 Å². The summed E-state index contributed by atoms with van der Waals surface area (Å²) in [5.41, 5.74) is 1.17. The normalized spacial score (nSPS) is 11.5. The molecule has 8 heteroatoms. The van der Waals surface area contributed by atoms with E-state index in [4.69, 9.17) is 9.47 Å². The first-order valence-electron chi connectivity index (χ1n) is 9.67. The number of hydrogen-bond donors (Lipinski definition) is 1. The van der Waals surface area contributed by atoms with Crippen molar-refractivity contribution < 1.29 is 19.1 Å². The highest BCUT2D eigenvalue weighted by Gasteiger charge is 2.23. The van der Waals surface area contributed by atoms with Crippen LogP contribution in [0.3, 0.4) is 0 Å². The first kappa shape index (κ1) is 21.8. The van der Waals surface area contributed by atoms with Crippen LogP contribution in [-0.4, -0.2) is 34.9 Å². The topological polar surface area (TPSA) is 99.5 Å². The maximum Gasteiger partial charge on any atom is 0.363 e. The third-order valence-corrected chi connectivity index (χ3v) is 4.58. The van der Waals surface area contributed by atoms with E-state index in [0.29, 0.717) is 17.1 Å². The Kier molecular flexibility index (Phi) is 6.81. The standard InChI is InChI=1S/C23H23N3O5/c1-15-13-20(27)21(25-26(15)18-7-5-4-6-8-18)23(29)31-16(2)22(28)24-14-17-9-11-19(30-3)12-10-17/h4-13,16H,14H2,1-3H3,(H,24,28). The Balaban J connectivity index is 1.67. The Morgan fingerprint density at radius 1 is 1.10 bits per heavy atom. The van der Waals surface area contributed by atoms with Gasteiger partial charge in [-0.15, -0.1) is 0 Å². The summed E-state index contributed by atoms with van der Waals surface area (Å²) in [6.07, 6.45) is -1.10. The molecule has 8 nitrogen and oxygen atoms in total. The SMILES string of the molecule is COc1ccc(CNC(=O)C(C)OC(=O)c2nn(-c3ccccc3)c(C)cc2=O)cc1.